The molecule has 7 heteroatoms. The van der Waals surface area contributed by atoms with Crippen LogP contribution >= 0.6 is 24.0 Å². The highest BCUT2D eigenvalue weighted by atomic mass is 127. The molecule has 0 aliphatic rings. The molecule has 2 N–H and O–H groups in total. The molecule has 1 rings (SSSR count). The number of nitrogens with one attached hydrogen (secondary N) is 2. The molecule has 0 aromatic heterocycles. The van der Waals surface area contributed by atoms with Crippen LogP contribution in [-0.2, 0) is 11.3 Å². The van der Waals surface area contributed by atoms with Gasteiger partial charge in [-0.1, -0.05) is 30.3 Å². The Morgan fingerprint density at radius 3 is 2.28 bits per heavy atom. The number of guanidine groups is 1. The van der Waals surface area contributed by atoms with Crippen LogP contribution in [0.5, 0.6) is 0 Å². The number of rotatable bonds is 6. The van der Waals surface area contributed by atoms with Crippen LogP contribution in [0.2, 0.25) is 0 Å². The maximum absolute atomic E-state index is 11.5. The zero-order valence-corrected chi connectivity index (χ0v) is 18.2. The van der Waals surface area contributed by atoms with E-state index in [0.29, 0.717) is 13.1 Å². The van der Waals surface area contributed by atoms with E-state index in [0.717, 1.165) is 18.9 Å². The molecule has 0 aliphatic carbocycles. The van der Waals surface area contributed by atoms with Crippen molar-refractivity contribution in [1.29, 1.82) is 0 Å². The maximum Gasteiger partial charge on any atom is 0.407 e. The van der Waals surface area contributed by atoms with Crippen molar-refractivity contribution in [2.75, 3.05) is 27.2 Å². The Kier molecular flexibility index (Phi) is 11.2. The molecular formula is C18H31IN4O2. The van der Waals surface area contributed by atoms with Crippen LogP contribution in [0.4, 0.5) is 4.79 Å². The molecule has 0 unspecified atom stereocenters. The molecule has 0 saturated heterocycles. The van der Waals surface area contributed by atoms with E-state index < -0.39 is 5.60 Å². The highest BCUT2D eigenvalue weighted by Gasteiger charge is 2.15. The van der Waals surface area contributed by atoms with Gasteiger partial charge < -0.3 is 20.3 Å². The van der Waals surface area contributed by atoms with Gasteiger partial charge in [0.2, 0.25) is 0 Å². The van der Waals surface area contributed by atoms with E-state index in [9.17, 15) is 4.79 Å². The fourth-order valence-electron chi connectivity index (χ4n) is 1.90. The molecule has 0 radical (unpaired) electrons. The van der Waals surface area contributed by atoms with Gasteiger partial charge >= 0.3 is 6.09 Å². The first kappa shape index (κ1) is 23.5. The SMILES string of the molecule is CN(C)C(=NCc1ccccc1)NCCCNC(=O)OC(C)(C)C.I. The number of nitrogens with zero attached hydrogens (tertiary/aromatic N) is 2. The van der Waals surface area contributed by atoms with Crippen molar-refractivity contribution in [2.45, 2.75) is 39.3 Å². The van der Waals surface area contributed by atoms with E-state index in [-0.39, 0.29) is 30.1 Å². The number of ether oxygens (including phenoxy) is 1. The van der Waals surface area contributed by atoms with Gasteiger partial charge in [-0.25, -0.2) is 9.79 Å². The summed E-state index contributed by atoms with van der Waals surface area (Å²) in [6, 6.07) is 10.1. The van der Waals surface area contributed by atoms with E-state index in [4.69, 9.17) is 4.74 Å². The van der Waals surface area contributed by atoms with E-state index in [2.05, 4.69) is 27.8 Å². The average molecular weight is 462 g/mol. The predicted molar refractivity (Wildman–Crippen MR) is 114 cm³/mol. The smallest absolute Gasteiger partial charge is 0.407 e. The number of benzene rings is 1. The molecule has 1 amide bonds. The van der Waals surface area contributed by atoms with Crippen LogP contribution in [0, 0.1) is 0 Å². The van der Waals surface area contributed by atoms with Gasteiger partial charge in [-0.3, -0.25) is 0 Å². The number of aliphatic imine (C=N–C) groups is 1. The highest BCUT2D eigenvalue weighted by Crippen LogP contribution is 2.06. The summed E-state index contributed by atoms with van der Waals surface area (Å²) < 4.78 is 5.19. The van der Waals surface area contributed by atoms with Crippen molar-refractivity contribution in [3.05, 3.63) is 35.9 Å². The van der Waals surface area contributed by atoms with Gasteiger partial charge in [0.1, 0.15) is 5.60 Å². The number of carbonyl (C=O) groups is 1. The minimum Gasteiger partial charge on any atom is -0.444 e. The maximum atomic E-state index is 11.5. The lowest BCUT2D eigenvalue weighted by Gasteiger charge is -2.20. The van der Waals surface area contributed by atoms with E-state index in [1.54, 1.807) is 0 Å². The monoisotopic (exact) mass is 462 g/mol. The Bertz CT molecular complexity index is 528. The van der Waals surface area contributed by atoms with E-state index >= 15 is 0 Å². The normalized spacial score (nSPS) is 11.3. The summed E-state index contributed by atoms with van der Waals surface area (Å²) >= 11 is 0. The van der Waals surface area contributed by atoms with Crippen LogP contribution in [0.3, 0.4) is 0 Å². The van der Waals surface area contributed by atoms with Gasteiger partial charge in [-0.15, -0.1) is 24.0 Å². The summed E-state index contributed by atoms with van der Waals surface area (Å²) in [5.74, 6) is 0.830. The molecule has 1 aromatic rings. The molecule has 1 aromatic carbocycles. The van der Waals surface area contributed by atoms with Crippen molar-refractivity contribution in [2.24, 2.45) is 4.99 Å². The summed E-state index contributed by atoms with van der Waals surface area (Å²) in [4.78, 5) is 18.1. The predicted octanol–water partition coefficient (Wildman–Crippen LogP) is 3.23. The van der Waals surface area contributed by atoms with E-state index in [1.807, 2.05) is 58.0 Å². The van der Waals surface area contributed by atoms with Gasteiger partial charge in [-0.05, 0) is 32.8 Å². The van der Waals surface area contributed by atoms with Gasteiger partial charge in [0, 0.05) is 27.2 Å². The topological polar surface area (TPSA) is 66.0 Å². The molecule has 0 heterocycles. The lowest BCUT2D eigenvalue weighted by Crippen LogP contribution is -2.38. The Morgan fingerprint density at radius 2 is 1.72 bits per heavy atom. The lowest BCUT2D eigenvalue weighted by molar-refractivity contribution is 0.0527. The van der Waals surface area contributed by atoms with Crippen LogP contribution in [0.1, 0.15) is 32.8 Å². The molecule has 25 heavy (non-hydrogen) atoms. The zero-order chi connectivity index (χ0) is 18.0. The highest BCUT2D eigenvalue weighted by molar-refractivity contribution is 14.0. The molecule has 0 spiro atoms. The van der Waals surface area contributed by atoms with Crippen LogP contribution in [0.25, 0.3) is 0 Å². The molecule has 0 fully saturated rings. The zero-order valence-electron chi connectivity index (χ0n) is 15.8. The van der Waals surface area contributed by atoms with Crippen LogP contribution in [0.15, 0.2) is 35.3 Å². The summed E-state index contributed by atoms with van der Waals surface area (Å²) in [7, 11) is 3.91. The third-order valence-corrected chi connectivity index (χ3v) is 2.98. The molecular weight excluding hydrogens is 431 g/mol. The summed E-state index contributed by atoms with van der Waals surface area (Å²) in [5, 5.41) is 6.04. The van der Waals surface area contributed by atoms with Crippen LogP contribution in [-0.4, -0.2) is 49.7 Å². The molecule has 142 valence electrons. The van der Waals surface area contributed by atoms with Gasteiger partial charge in [-0.2, -0.15) is 0 Å². The summed E-state index contributed by atoms with van der Waals surface area (Å²) in [6.07, 6.45) is 0.408. The number of hydrogen-bond donors (Lipinski definition) is 2. The summed E-state index contributed by atoms with van der Waals surface area (Å²) in [5.41, 5.74) is 0.704. The number of hydrogen-bond acceptors (Lipinski definition) is 3. The summed E-state index contributed by atoms with van der Waals surface area (Å²) in [6.45, 7) is 7.46. The van der Waals surface area contributed by atoms with Gasteiger partial charge in [0.15, 0.2) is 5.96 Å². The minimum atomic E-state index is -0.468. The quantitative estimate of drug-likeness (QED) is 0.295. The number of halogens is 1. The van der Waals surface area contributed by atoms with Gasteiger partial charge in [0.25, 0.3) is 0 Å². The molecule has 0 aliphatic heterocycles. The first-order chi connectivity index (χ1) is 11.3. The van der Waals surface area contributed by atoms with Gasteiger partial charge in [0.05, 0.1) is 6.54 Å². The van der Waals surface area contributed by atoms with Crippen LogP contribution < -0.4 is 10.6 Å². The molecule has 0 bridgehead atoms. The van der Waals surface area contributed by atoms with Crippen molar-refractivity contribution in [3.63, 3.8) is 0 Å². The van der Waals surface area contributed by atoms with Crippen molar-refractivity contribution < 1.29 is 9.53 Å². The van der Waals surface area contributed by atoms with Crippen molar-refractivity contribution in [3.8, 4) is 0 Å². The first-order valence-electron chi connectivity index (χ1n) is 8.24. The second kappa shape index (κ2) is 11.9. The molecule has 0 saturated carbocycles. The molecule has 6 nitrogen and oxygen atoms in total. The standard InChI is InChI=1S/C18H30N4O2.HI/c1-18(2,3)24-17(23)20-13-9-12-19-16(22(4)5)21-14-15-10-7-6-8-11-15;/h6-8,10-11H,9,12-14H2,1-5H3,(H,19,21)(H,20,23);1H. The number of alkyl carbamates (subject to hydrolysis) is 1. The minimum absolute atomic E-state index is 0. The number of amides is 1. The Balaban J connectivity index is 0.00000576. The fraction of sp³-hybridized carbons (Fsp3) is 0.556. The Labute approximate surface area is 168 Å². The fourth-order valence-corrected chi connectivity index (χ4v) is 1.90. The van der Waals surface area contributed by atoms with E-state index in [1.165, 1.54) is 5.56 Å². The van der Waals surface area contributed by atoms with Crippen molar-refractivity contribution in [1.82, 2.24) is 15.5 Å². The number of carbonyl (C=O) groups excluding carboxylic acids is 1. The Hall–Kier alpha value is -1.51. The first-order valence-corrected chi connectivity index (χ1v) is 8.24. The second-order valence-corrected chi connectivity index (χ2v) is 6.73. The third-order valence-electron chi connectivity index (χ3n) is 2.98. The third kappa shape index (κ3) is 11.6. The lowest BCUT2D eigenvalue weighted by atomic mass is 10.2. The average Bonchev–Trinajstić information content (AvgIpc) is 2.48. The second-order valence-electron chi connectivity index (χ2n) is 6.73. The Morgan fingerprint density at radius 1 is 1.12 bits per heavy atom. The van der Waals surface area contributed by atoms with Crippen molar-refractivity contribution >= 4 is 36.0 Å². The largest absolute Gasteiger partial charge is 0.444 e. The molecule has 0 atom stereocenters.